The van der Waals surface area contributed by atoms with Gasteiger partial charge in [-0.15, -0.1) is 0 Å². The van der Waals surface area contributed by atoms with Crippen molar-refractivity contribution in [3.8, 4) is 0 Å². The van der Waals surface area contributed by atoms with Crippen LogP contribution in [-0.4, -0.2) is 18.0 Å². The van der Waals surface area contributed by atoms with Gasteiger partial charge in [0.2, 0.25) is 5.78 Å². The highest BCUT2D eigenvalue weighted by Gasteiger charge is 2.61. The summed E-state index contributed by atoms with van der Waals surface area (Å²) < 4.78 is 53.3. The highest BCUT2D eigenvalue weighted by Crippen LogP contribution is 2.43. The molecule has 0 fully saturated rings. The molecule has 2 nitrogen and oxygen atoms in total. The largest absolute Gasteiger partial charge is 0.371 e. The molecular weight excluding hydrogens is 240 g/mol. The summed E-state index contributed by atoms with van der Waals surface area (Å²) in [6.45, 7) is 0. The van der Waals surface area contributed by atoms with E-state index in [1.54, 1.807) is 0 Å². The summed E-state index contributed by atoms with van der Waals surface area (Å²) in [5.41, 5.74) is -0.968. The Bertz CT molecular complexity index is 415. The molecule has 0 aliphatic carbocycles. The number of benzene rings is 1. The Labute approximate surface area is 94.2 Å². The first kappa shape index (κ1) is 13.3. The molecule has 0 N–H and O–H groups in total. The SMILES string of the molecule is O=CCC(=O)C(F)(F)C(F)(F)c1ccccc1. The third kappa shape index (κ3) is 2.35. The molecule has 0 saturated carbocycles. The fraction of sp³-hybridized carbons (Fsp3) is 0.273. The van der Waals surface area contributed by atoms with Crippen molar-refractivity contribution < 1.29 is 27.2 Å². The van der Waals surface area contributed by atoms with E-state index in [4.69, 9.17) is 0 Å². The number of ketones is 1. The minimum atomic E-state index is -4.89. The Balaban J connectivity index is 3.12. The number of carbonyl (C=O) groups excluding carboxylic acids is 2. The van der Waals surface area contributed by atoms with Crippen LogP contribution in [0.3, 0.4) is 0 Å². The van der Waals surface area contributed by atoms with E-state index in [-0.39, 0.29) is 6.29 Å². The van der Waals surface area contributed by atoms with Crippen molar-refractivity contribution in [1.29, 1.82) is 0 Å². The highest BCUT2D eigenvalue weighted by molar-refractivity contribution is 5.95. The van der Waals surface area contributed by atoms with Gasteiger partial charge < -0.3 is 4.79 Å². The summed E-state index contributed by atoms with van der Waals surface area (Å²) in [6, 6.07) is 5.28. The highest BCUT2D eigenvalue weighted by atomic mass is 19.3. The summed E-state index contributed by atoms with van der Waals surface area (Å²) in [7, 11) is 0. The van der Waals surface area contributed by atoms with E-state index in [0.29, 0.717) is 0 Å². The first-order chi connectivity index (χ1) is 7.84. The monoisotopic (exact) mass is 248 g/mol. The van der Waals surface area contributed by atoms with Gasteiger partial charge in [0.1, 0.15) is 6.29 Å². The zero-order valence-electron chi connectivity index (χ0n) is 8.50. The Morgan fingerprint density at radius 1 is 1.12 bits per heavy atom. The van der Waals surface area contributed by atoms with Crippen molar-refractivity contribution in [1.82, 2.24) is 0 Å². The van der Waals surface area contributed by atoms with Crippen LogP contribution >= 0.6 is 0 Å². The average Bonchev–Trinajstić information content (AvgIpc) is 2.30. The third-order valence-corrected chi connectivity index (χ3v) is 2.15. The third-order valence-electron chi connectivity index (χ3n) is 2.15. The molecule has 0 radical (unpaired) electrons. The van der Waals surface area contributed by atoms with Crippen LogP contribution in [0.25, 0.3) is 0 Å². The standard InChI is InChI=1S/C11H8F4O2/c12-10(13,8-4-2-1-3-5-8)11(14,15)9(17)6-7-16/h1-5,7H,6H2. The number of hydrogen-bond donors (Lipinski definition) is 0. The van der Waals surface area contributed by atoms with Crippen molar-refractivity contribution in [3.05, 3.63) is 35.9 Å². The van der Waals surface area contributed by atoms with Gasteiger partial charge in [-0.2, -0.15) is 17.6 Å². The summed E-state index contributed by atoms with van der Waals surface area (Å²) >= 11 is 0. The molecule has 6 heteroatoms. The zero-order chi connectivity index (χ0) is 13.1. The summed E-state index contributed by atoms with van der Waals surface area (Å²) in [4.78, 5) is 20.7. The van der Waals surface area contributed by atoms with Gasteiger partial charge in [-0.25, -0.2) is 0 Å². The molecule has 92 valence electrons. The van der Waals surface area contributed by atoms with Crippen molar-refractivity contribution in [2.24, 2.45) is 0 Å². The number of hydrogen-bond acceptors (Lipinski definition) is 2. The number of halogens is 4. The maximum atomic E-state index is 13.4. The molecule has 0 aliphatic heterocycles. The number of rotatable bonds is 5. The molecule has 0 aliphatic rings. The number of alkyl halides is 4. The van der Waals surface area contributed by atoms with E-state index >= 15 is 0 Å². The minimum Gasteiger partial charge on any atom is -0.303 e. The van der Waals surface area contributed by atoms with Crippen LogP contribution in [0.15, 0.2) is 30.3 Å². The Hall–Kier alpha value is -1.72. The molecule has 0 spiro atoms. The Morgan fingerprint density at radius 3 is 2.12 bits per heavy atom. The van der Waals surface area contributed by atoms with E-state index < -0.39 is 29.6 Å². The van der Waals surface area contributed by atoms with E-state index in [0.717, 1.165) is 24.3 Å². The van der Waals surface area contributed by atoms with Crippen molar-refractivity contribution >= 4 is 12.1 Å². The lowest BCUT2D eigenvalue weighted by Gasteiger charge is -2.25. The average molecular weight is 248 g/mol. The lowest BCUT2D eigenvalue weighted by Crippen LogP contribution is -2.45. The van der Waals surface area contributed by atoms with Gasteiger partial charge in [-0.1, -0.05) is 30.3 Å². The van der Waals surface area contributed by atoms with Gasteiger partial charge >= 0.3 is 11.8 Å². The fourth-order valence-corrected chi connectivity index (χ4v) is 1.21. The van der Waals surface area contributed by atoms with Crippen molar-refractivity contribution in [2.45, 2.75) is 18.3 Å². The first-order valence-corrected chi connectivity index (χ1v) is 4.62. The Morgan fingerprint density at radius 2 is 1.65 bits per heavy atom. The molecule has 0 amide bonds. The van der Waals surface area contributed by atoms with Crippen LogP contribution in [0.5, 0.6) is 0 Å². The van der Waals surface area contributed by atoms with Crippen LogP contribution in [0, 0.1) is 0 Å². The summed E-state index contributed by atoms with van der Waals surface area (Å²) in [5, 5.41) is 0. The molecule has 1 rings (SSSR count). The number of aldehydes is 1. The summed E-state index contributed by atoms with van der Waals surface area (Å²) in [6.07, 6.45) is -1.37. The maximum absolute atomic E-state index is 13.4. The number of carbonyl (C=O) groups is 2. The molecule has 0 saturated heterocycles. The van der Waals surface area contributed by atoms with Crippen LogP contribution < -0.4 is 0 Å². The molecule has 1 aromatic carbocycles. The van der Waals surface area contributed by atoms with E-state index in [9.17, 15) is 27.2 Å². The molecule has 0 unspecified atom stereocenters. The van der Waals surface area contributed by atoms with Crippen LogP contribution in [0.2, 0.25) is 0 Å². The molecule has 0 atom stereocenters. The van der Waals surface area contributed by atoms with Gasteiger partial charge in [0.05, 0.1) is 6.42 Å². The smallest absolute Gasteiger partial charge is 0.303 e. The molecule has 0 bridgehead atoms. The van der Waals surface area contributed by atoms with E-state index in [1.807, 2.05) is 0 Å². The predicted molar refractivity (Wildman–Crippen MR) is 51.0 cm³/mol. The molecule has 0 heterocycles. The van der Waals surface area contributed by atoms with Gasteiger partial charge in [0.25, 0.3) is 0 Å². The van der Waals surface area contributed by atoms with E-state index in [2.05, 4.69) is 0 Å². The number of Topliss-reactive ketones (excluding diaryl/α,β-unsaturated/α-hetero) is 1. The topological polar surface area (TPSA) is 34.1 Å². The minimum absolute atomic E-state index is 0.128. The molecular formula is C11H8F4O2. The second-order valence-corrected chi connectivity index (χ2v) is 3.31. The van der Waals surface area contributed by atoms with E-state index in [1.165, 1.54) is 6.07 Å². The lowest BCUT2D eigenvalue weighted by atomic mass is 9.98. The first-order valence-electron chi connectivity index (χ1n) is 4.62. The van der Waals surface area contributed by atoms with Gasteiger partial charge in [-0.3, -0.25) is 4.79 Å². The Kier molecular flexibility index (Phi) is 3.65. The second-order valence-electron chi connectivity index (χ2n) is 3.31. The normalized spacial score (nSPS) is 12.2. The van der Waals surface area contributed by atoms with Gasteiger partial charge in [0.15, 0.2) is 0 Å². The van der Waals surface area contributed by atoms with Crippen LogP contribution in [0.4, 0.5) is 17.6 Å². The molecule has 0 aromatic heterocycles. The molecule has 17 heavy (non-hydrogen) atoms. The van der Waals surface area contributed by atoms with Crippen molar-refractivity contribution in [3.63, 3.8) is 0 Å². The molecule has 1 aromatic rings. The lowest BCUT2D eigenvalue weighted by molar-refractivity contribution is -0.213. The van der Waals surface area contributed by atoms with Crippen LogP contribution in [0.1, 0.15) is 12.0 Å². The fourth-order valence-electron chi connectivity index (χ4n) is 1.21. The van der Waals surface area contributed by atoms with Gasteiger partial charge in [-0.05, 0) is 0 Å². The maximum Gasteiger partial charge on any atom is 0.371 e. The predicted octanol–water partition coefficient (Wildman–Crippen LogP) is 2.57. The van der Waals surface area contributed by atoms with Crippen molar-refractivity contribution in [2.75, 3.05) is 0 Å². The van der Waals surface area contributed by atoms with Gasteiger partial charge in [0, 0.05) is 5.56 Å². The summed E-state index contributed by atoms with van der Waals surface area (Å²) in [5.74, 6) is -11.6. The van der Waals surface area contributed by atoms with Crippen LogP contribution in [-0.2, 0) is 15.5 Å². The second kappa shape index (κ2) is 4.65. The quantitative estimate of drug-likeness (QED) is 0.456. The zero-order valence-corrected chi connectivity index (χ0v) is 8.50.